The van der Waals surface area contributed by atoms with Gasteiger partial charge < -0.3 is 44.2 Å². The summed E-state index contributed by atoms with van der Waals surface area (Å²) in [7, 11) is 1.51. The van der Waals surface area contributed by atoms with Gasteiger partial charge in [-0.05, 0) is 47.5 Å². The van der Waals surface area contributed by atoms with Crippen molar-refractivity contribution in [1.29, 1.82) is 0 Å². The Labute approximate surface area is 212 Å². The molecule has 0 aromatic heterocycles. The van der Waals surface area contributed by atoms with Crippen LogP contribution in [-0.4, -0.2) is 99.5 Å². The number of ether oxygens (including phenoxy) is 5. The van der Waals surface area contributed by atoms with Gasteiger partial charge in [-0.15, -0.1) is 0 Å². The van der Waals surface area contributed by atoms with Crippen LogP contribution in [0, 0.1) is 11.8 Å². The average molecular weight is 518 g/mol. The zero-order valence-corrected chi connectivity index (χ0v) is 22.3. The average Bonchev–Trinajstić information content (AvgIpc) is 2.87. The van der Waals surface area contributed by atoms with Crippen molar-refractivity contribution in [3.8, 4) is 0 Å². The summed E-state index contributed by atoms with van der Waals surface area (Å²) in [5.41, 5.74) is -3.43. The Bertz CT molecular complexity index is 817. The van der Waals surface area contributed by atoms with Gasteiger partial charge in [0.25, 0.3) is 0 Å². The van der Waals surface area contributed by atoms with Gasteiger partial charge in [0.05, 0.1) is 47.2 Å². The van der Waals surface area contributed by atoms with Crippen LogP contribution in [0.3, 0.4) is 0 Å². The maximum Gasteiger partial charge on any atom is 0.311 e. The van der Waals surface area contributed by atoms with Gasteiger partial charge in [-0.25, -0.2) is 0 Å². The number of rotatable bonds is 3. The first kappa shape index (κ1) is 29.2. The molecule has 0 amide bonds. The molecule has 2 bridgehead atoms. The summed E-state index contributed by atoms with van der Waals surface area (Å²) in [5, 5.41) is 46.2. The summed E-state index contributed by atoms with van der Waals surface area (Å²) in [6.07, 6.45) is -4.19. The molecule has 36 heavy (non-hydrogen) atoms. The number of oxime groups is 1. The van der Waals surface area contributed by atoms with Crippen LogP contribution < -0.4 is 0 Å². The molecule has 0 saturated carbocycles. The molecule has 5 unspecified atom stereocenters. The lowest BCUT2D eigenvalue weighted by molar-refractivity contribution is -0.304. The number of hydrogen-bond donors (Lipinski definition) is 4. The third-order valence-electron chi connectivity index (χ3n) is 8.12. The van der Waals surface area contributed by atoms with Crippen molar-refractivity contribution in [3.05, 3.63) is 0 Å². The highest BCUT2D eigenvalue weighted by Gasteiger charge is 2.51. The number of aliphatic hydroxyl groups is 3. The van der Waals surface area contributed by atoms with Crippen LogP contribution in [0.5, 0.6) is 0 Å². The second kappa shape index (κ2) is 10.8. The Hall–Kier alpha value is -1.34. The first-order chi connectivity index (χ1) is 16.6. The van der Waals surface area contributed by atoms with E-state index in [2.05, 4.69) is 5.16 Å². The fraction of sp³-hybridized carbons (Fsp3) is 0.920. The summed E-state index contributed by atoms with van der Waals surface area (Å²) in [5.74, 6) is -1.97. The summed E-state index contributed by atoms with van der Waals surface area (Å²) >= 11 is 0. The molecule has 208 valence electrons. The number of nitrogens with zero attached hydrogens (tertiary/aromatic N) is 1. The van der Waals surface area contributed by atoms with Crippen molar-refractivity contribution in [2.45, 2.75) is 121 Å². The molecule has 0 aliphatic carbocycles. The first-order valence-corrected chi connectivity index (χ1v) is 12.7. The van der Waals surface area contributed by atoms with E-state index in [1.54, 1.807) is 34.6 Å². The van der Waals surface area contributed by atoms with E-state index in [1.165, 1.54) is 14.0 Å². The monoisotopic (exact) mass is 517 g/mol. The van der Waals surface area contributed by atoms with E-state index in [0.717, 1.165) is 0 Å². The van der Waals surface area contributed by atoms with Crippen LogP contribution in [0.4, 0.5) is 0 Å². The van der Waals surface area contributed by atoms with Crippen molar-refractivity contribution in [1.82, 2.24) is 0 Å². The summed E-state index contributed by atoms with van der Waals surface area (Å²) in [4.78, 5) is 13.1. The van der Waals surface area contributed by atoms with Crippen molar-refractivity contribution in [2.24, 2.45) is 17.0 Å². The van der Waals surface area contributed by atoms with E-state index in [4.69, 9.17) is 23.7 Å². The highest BCUT2D eigenvalue weighted by Crippen LogP contribution is 2.39. The maximum absolute atomic E-state index is 13.1. The number of carbonyl (C=O) groups excluding carboxylic acids is 1. The van der Waals surface area contributed by atoms with Gasteiger partial charge in [0.15, 0.2) is 6.29 Å². The minimum Gasteiger partial charge on any atom is -0.462 e. The highest BCUT2D eigenvalue weighted by molar-refractivity contribution is 5.86. The Morgan fingerprint density at radius 1 is 1.06 bits per heavy atom. The molecule has 3 aliphatic heterocycles. The zero-order chi connectivity index (χ0) is 27.1. The van der Waals surface area contributed by atoms with Crippen molar-refractivity contribution >= 4 is 11.7 Å². The van der Waals surface area contributed by atoms with E-state index >= 15 is 0 Å². The van der Waals surface area contributed by atoms with Gasteiger partial charge in [0.1, 0.15) is 18.3 Å². The lowest BCUT2D eigenvalue weighted by Gasteiger charge is -2.46. The first-order valence-electron chi connectivity index (χ1n) is 12.7. The Kier molecular flexibility index (Phi) is 8.77. The van der Waals surface area contributed by atoms with Crippen LogP contribution in [-0.2, 0) is 28.5 Å². The summed E-state index contributed by atoms with van der Waals surface area (Å²) in [6.45, 7) is 9.72. The molecule has 3 saturated heterocycles. The van der Waals surface area contributed by atoms with Gasteiger partial charge in [-0.2, -0.15) is 0 Å². The van der Waals surface area contributed by atoms with Crippen molar-refractivity contribution in [3.63, 3.8) is 0 Å². The molecule has 0 spiro atoms. The predicted octanol–water partition coefficient (Wildman–Crippen LogP) is 1.37. The summed E-state index contributed by atoms with van der Waals surface area (Å²) < 4.78 is 29.9. The second-order valence-electron chi connectivity index (χ2n) is 11.5. The third-order valence-corrected chi connectivity index (χ3v) is 8.12. The fourth-order valence-electron chi connectivity index (χ4n) is 5.57. The fourth-order valence-corrected chi connectivity index (χ4v) is 5.57. The van der Waals surface area contributed by atoms with Crippen LogP contribution >= 0.6 is 0 Å². The van der Waals surface area contributed by atoms with Crippen LogP contribution in [0.15, 0.2) is 5.16 Å². The molecule has 11 heteroatoms. The molecule has 11 atom stereocenters. The molecule has 0 aromatic rings. The summed E-state index contributed by atoms with van der Waals surface area (Å²) in [6, 6.07) is 0. The number of hydrogen-bond acceptors (Lipinski definition) is 11. The van der Waals surface area contributed by atoms with Gasteiger partial charge in [0.2, 0.25) is 0 Å². The topological polar surface area (TPSA) is 156 Å². The van der Waals surface area contributed by atoms with E-state index in [-0.39, 0.29) is 25.9 Å². The number of aliphatic hydroxyl groups excluding tert-OH is 1. The highest BCUT2D eigenvalue weighted by atomic mass is 16.7. The zero-order valence-electron chi connectivity index (χ0n) is 22.3. The lowest BCUT2D eigenvalue weighted by Crippen LogP contribution is -2.58. The third kappa shape index (κ3) is 6.03. The normalized spacial score (nSPS) is 50.2. The van der Waals surface area contributed by atoms with Crippen LogP contribution in [0.2, 0.25) is 0 Å². The molecule has 0 aromatic carbocycles. The minimum absolute atomic E-state index is 0.0831. The largest absolute Gasteiger partial charge is 0.462 e. The number of cyclic esters (lactones) is 1. The van der Waals surface area contributed by atoms with Gasteiger partial charge in [-0.3, -0.25) is 4.79 Å². The van der Waals surface area contributed by atoms with Crippen LogP contribution in [0.25, 0.3) is 0 Å². The molecule has 0 radical (unpaired) electrons. The maximum atomic E-state index is 13.1. The van der Waals surface area contributed by atoms with Crippen LogP contribution in [0.1, 0.15) is 67.2 Å². The minimum atomic E-state index is -1.61. The quantitative estimate of drug-likeness (QED) is 0.245. The standard InChI is InChI=1S/C25H43NO10/c1-13-16(26-31)8-9-23(4,29)10-17-19(14(2)22(28)33-12-24(5,30)21(13)35-17)36-18-11-25(6,32-7)20(27)15(3)34-18/h13-15,17-21,27,29-31H,8-12H2,1-7H3/b26-16+/t13?,14?,15-,17+,18?,19+,20?,21?,23+,24+,25+/m0/s1. The number of esters is 1. The van der Waals surface area contributed by atoms with E-state index < -0.39 is 71.4 Å². The molecular weight excluding hydrogens is 474 g/mol. The SMILES string of the molecule is CO[C@]1(C)CC(O[C@@H]2C(C)C(=O)OC[C@@](C)(O)C3O[C@@H]2C[C@](C)(O)CC/C(=N\O)C3C)O[C@@H](C)C1O. The predicted molar refractivity (Wildman–Crippen MR) is 128 cm³/mol. The number of methoxy groups -OCH3 is 1. The van der Waals surface area contributed by atoms with Gasteiger partial charge >= 0.3 is 5.97 Å². The Balaban J connectivity index is 2.03. The Morgan fingerprint density at radius 3 is 2.33 bits per heavy atom. The number of fused-ring (bicyclic) bond motifs is 2. The van der Waals surface area contributed by atoms with E-state index in [1.807, 2.05) is 0 Å². The molecule has 3 heterocycles. The van der Waals surface area contributed by atoms with E-state index in [0.29, 0.717) is 12.1 Å². The Morgan fingerprint density at radius 2 is 1.72 bits per heavy atom. The van der Waals surface area contributed by atoms with E-state index in [9.17, 15) is 25.3 Å². The molecule has 4 N–H and O–H groups in total. The molecule has 11 nitrogen and oxygen atoms in total. The smallest absolute Gasteiger partial charge is 0.311 e. The molecule has 3 aliphatic rings. The molecule has 3 rings (SSSR count). The molecular formula is C25H43NO10. The van der Waals surface area contributed by atoms with Gasteiger partial charge in [-0.1, -0.05) is 12.1 Å². The second-order valence-corrected chi connectivity index (χ2v) is 11.5. The lowest BCUT2D eigenvalue weighted by atomic mass is 9.84. The molecule has 3 fully saturated rings. The van der Waals surface area contributed by atoms with Crippen molar-refractivity contribution < 1.29 is 49.0 Å². The number of carbonyl (C=O) groups is 1. The van der Waals surface area contributed by atoms with Gasteiger partial charge in [0, 0.05) is 25.9 Å². The van der Waals surface area contributed by atoms with Crippen molar-refractivity contribution in [2.75, 3.05) is 13.7 Å².